The Balaban J connectivity index is 1.52. The molecule has 4 saturated heterocycles. The first-order valence-electron chi connectivity index (χ1n) is 7.78. The maximum atomic E-state index is 13.0. The quantitative estimate of drug-likeness (QED) is 0.859. The van der Waals surface area contributed by atoms with Crippen LogP contribution in [0, 0.1) is 11.8 Å². The molecule has 108 valence electrons. The molecule has 4 atom stereocenters. The first-order valence-corrected chi connectivity index (χ1v) is 7.78. The van der Waals surface area contributed by atoms with Crippen molar-refractivity contribution in [3.63, 3.8) is 0 Å². The maximum Gasteiger partial charge on any atom is 0.275 e. The lowest BCUT2D eigenvalue weighted by Crippen LogP contribution is -2.54. The molecule has 1 aromatic carbocycles. The van der Waals surface area contributed by atoms with Gasteiger partial charge in [-0.15, -0.1) is 0 Å². The summed E-state index contributed by atoms with van der Waals surface area (Å²) in [7, 11) is 0. The van der Waals surface area contributed by atoms with E-state index in [1.165, 1.54) is 19.5 Å². The van der Waals surface area contributed by atoms with Crippen molar-refractivity contribution in [3.05, 3.63) is 30.0 Å². The van der Waals surface area contributed by atoms with Crippen molar-refractivity contribution in [2.45, 2.75) is 12.5 Å². The largest absolute Gasteiger partial charge is 0.332 e. The van der Waals surface area contributed by atoms with Crippen LogP contribution in [0.5, 0.6) is 0 Å². The number of nitrogens with one attached hydrogen (secondary N) is 1. The van der Waals surface area contributed by atoms with Crippen LogP contribution in [0.25, 0.3) is 10.9 Å². The van der Waals surface area contributed by atoms with E-state index in [1.54, 1.807) is 0 Å². The number of carbonyl (C=O) groups excluding carboxylic acids is 1. The number of rotatable bonds is 1. The molecule has 0 aliphatic carbocycles. The monoisotopic (exact) mass is 282 g/mol. The second-order valence-electron chi connectivity index (χ2n) is 6.61. The fourth-order valence-corrected chi connectivity index (χ4v) is 4.60. The van der Waals surface area contributed by atoms with Crippen molar-refractivity contribution in [1.82, 2.24) is 20.0 Å². The minimum atomic E-state index is 0.105. The number of hydrogen-bond acceptors (Lipinski definition) is 3. The van der Waals surface area contributed by atoms with Crippen molar-refractivity contribution < 1.29 is 4.79 Å². The number of amides is 1. The molecule has 21 heavy (non-hydrogen) atoms. The maximum absolute atomic E-state index is 13.0. The Hall–Kier alpha value is -1.88. The van der Waals surface area contributed by atoms with Crippen LogP contribution in [0.1, 0.15) is 16.9 Å². The normalized spacial score (nSPS) is 33.8. The number of hydrogen-bond donors (Lipinski definition) is 1. The van der Waals surface area contributed by atoms with Crippen molar-refractivity contribution in [1.29, 1.82) is 0 Å². The molecule has 0 radical (unpaired) electrons. The van der Waals surface area contributed by atoms with Gasteiger partial charge in [-0.25, -0.2) is 0 Å². The Morgan fingerprint density at radius 2 is 2.14 bits per heavy atom. The molecule has 4 aliphatic heterocycles. The average molecular weight is 282 g/mol. The summed E-state index contributed by atoms with van der Waals surface area (Å²) in [5, 5.41) is 8.20. The predicted molar refractivity (Wildman–Crippen MR) is 79.0 cm³/mol. The highest BCUT2D eigenvalue weighted by molar-refractivity contribution is 6.04. The topological polar surface area (TPSA) is 52.2 Å². The third-order valence-electron chi connectivity index (χ3n) is 5.58. The van der Waals surface area contributed by atoms with Crippen LogP contribution < -0.4 is 0 Å². The van der Waals surface area contributed by atoms with Gasteiger partial charge in [0.2, 0.25) is 0 Å². The fourth-order valence-electron chi connectivity index (χ4n) is 4.60. The SMILES string of the molecule is O=C(c1n[nH]c2ccccc12)N1C[C@@H]2C[N@@]3CCC2[C@@H]1C3. The molecule has 1 amide bonds. The van der Waals surface area contributed by atoms with Crippen LogP contribution in [-0.2, 0) is 0 Å². The molecule has 1 N–H and O–H groups in total. The molecule has 5 nitrogen and oxygen atoms in total. The third kappa shape index (κ3) is 1.55. The zero-order chi connectivity index (χ0) is 14.0. The number of piperidine rings is 3. The van der Waals surface area contributed by atoms with Gasteiger partial charge in [-0.1, -0.05) is 18.2 Å². The second kappa shape index (κ2) is 4.07. The molecule has 2 aromatic rings. The predicted octanol–water partition coefficient (Wildman–Crippen LogP) is 1.34. The van der Waals surface area contributed by atoms with Gasteiger partial charge in [0.25, 0.3) is 5.91 Å². The summed E-state index contributed by atoms with van der Waals surface area (Å²) in [6, 6.07) is 8.27. The van der Waals surface area contributed by atoms with Gasteiger partial charge in [0.05, 0.1) is 5.52 Å². The van der Waals surface area contributed by atoms with Crippen LogP contribution in [0.15, 0.2) is 24.3 Å². The lowest BCUT2D eigenvalue weighted by Gasteiger charge is -2.44. The first-order chi connectivity index (χ1) is 10.3. The number of aromatic nitrogens is 2. The number of H-pyrrole nitrogens is 1. The van der Waals surface area contributed by atoms with E-state index >= 15 is 0 Å². The van der Waals surface area contributed by atoms with Crippen molar-refractivity contribution >= 4 is 16.8 Å². The number of fused-ring (bicyclic) bond motifs is 2. The molecule has 4 fully saturated rings. The molecular formula is C16H18N4O. The number of para-hydroxylation sites is 1. The van der Waals surface area contributed by atoms with Crippen LogP contribution in [0.2, 0.25) is 0 Å². The molecule has 0 spiro atoms. The molecule has 0 saturated carbocycles. The Bertz CT molecular complexity index is 724. The van der Waals surface area contributed by atoms with Gasteiger partial charge in [0, 0.05) is 31.1 Å². The smallest absolute Gasteiger partial charge is 0.275 e. The summed E-state index contributed by atoms with van der Waals surface area (Å²) >= 11 is 0. The first kappa shape index (κ1) is 11.7. The Morgan fingerprint density at radius 3 is 3.00 bits per heavy atom. The van der Waals surface area contributed by atoms with E-state index in [9.17, 15) is 4.79 Å². The summed E-state index contributed by atoms with van der Waals surface area (Å²) in [5.74, 6) is 1.49. The van der Waals surface area contributed by atoms with Gasteiger partial charge < -0.3 is 9.80 Å². The Labute approximate surface area is 122 Å². The highest BCUT2D eigenvalue weighted by Gasteiger charge is 2.51. The molecule has 5 heterocycles. The van der Waals surface area contributed by atoms with Gasteiger partial charge >= 0.3 is 0 Å². The standard InChI is InChI=1S/C16H18N4O/c21-16(15-12-3-1-2-4-13(12)17-18-15)20-8-10-7-19-6-5-11(10)14(20)9-19/h1-4,10-11,14H,5-9H2,(H,17,18)/t10-,11?,14-/m0/s1. The second-order valence-corrected chi connectivity index (χ2v) is 6.61. The summed E-state index contributed by atoms with van der Waals surface area (Å²) in [6.45, 7) is 4.35. The van der Waals surface area contributed by atoms with E-state index in [1.807, 2.05) is 24.3 Å². The molecule has 4 bridgehead atoms. The van der Waals surface area contributed by atoms with Crippen LogP contribution >= 0.6 is 0 Å². The number of likely N-dealkylation sites (tertiary alicyclic amines) is 1. The Morgan fingerprint density at radius 1 is 1.24 bits per heavy atom. The fraction of sp³-hybridized carbons (Fsp3) is 0.500. The van der Waals surface area contributed by atoms with Gasteiger partial charge in [0.1, 0.15) is 0 Å². The third-order valence-corrected chi connectivity index (χ3v) is 5.58. The number of aromatic amines is 1. The minimum absolute atomic E-state index is 0.105. The van der Waals surface area contributed by atoms with E-state index in [0.717, 1.165) is 24.0 Å². The van der Waals surface area contributed by atoms with Crippen LogP contribution in [0.3, 0.4) is 0 Å². The van der Waals surface area contributed by atoms with Crippen molar-refractivity contribution in [3.8, 4) is 0 Å². The molecule has 6 rings (SSSR count). The van der Waals surface area contributed by atoms with Gasteiger partial charge in [-0.3, -0.25) is 9.89 Å². The molecule has 1 unspecified atom stereocenters. The molecular weight excluding hydrogens is 264 g/mol. The molecule has 5 heteroatoms. The highest BCUT2D eigenvalue weighted by Crippen LogP contribution is 2.42. The van der Waals surface area contributed by atoms with Crippen molar-refractivity contribution in [2.24, 2.45) is 11.8 Å². The lowest BCUT2D eigenvalue weighted by atomic mass is 9.80. The summed E-state index contributed by atoms with van der Waals surface area (Å²) < 4.78 is 0. The van der Waals surface area contributed by atoms with E-state index in [4.69, 9.17) is 0 Å². The summed E-state index contributed by atoms with van der Waals surface area (Å²) in [6.07, 6.45) is 1.25. The van der Waals surface area contributed by atoms with Gasteiger partial charge in [-0.05, 0) is 30.9 Å². The molecule has 1 aromatic heterocycles. The zero-order valence-corrected chi connectivity index (χ0v) is 11.8. The number of benzene rings is 1. The summed E-state index contributed by atoms with van der Waals surface area (Å²) in [5.41, 5.74) is 1.53. The molecule has 4 aliphatic rings. The Kier molecular flexibility index (Phi) is 2.28. The lowest BCUT2D eigenvalue weighted by molar-refractivity contribution is 0.0420. The average Bonchev–Trinajstić information content (AvgIpc) is 3.06. The summed E-state index contributed by atoms with van der Waals surface area (Å²) in [4.78, 5) is 17.6. The van der Waals surface area contributed by atoms with Crippen LogP contribution in [0.4, 0.5) is 0 Å². The minimum Gasteiger partial charge on any atom is -0.332 e. The number of carbonyl (C=O) groups is 1. The number of nitrogens with zero attached hydrogens (tertiary/aromatic N) is 3. The highest BCUT2D eigenvalue weighted by atomic mass is 16.2. The van der Waals surface area contributed by atoms with E-state index in [2.05, 4.69) is 20.0 Å². The van der Waals surface area contributed by atoms with E-state index < -0.39 is 0 Å². The van der Waals surface area contributed by atoms with Gasteiger partial charge in [-0.2, -0.15) is 5.10 Å². The van der Waals surface area contributed by atoms with Crippen LogP contribution in [-0.4, -0.2) is 58.1 Å². The zero-order valence-electron chi connectivity index (χ0n) is 11.8. The van der Waals surface area contributed by atoms with E-state index in [-0.39, 0.29) is 5.91 Å². The van der Waals surface area contributed by atoms with E-state index in [0.29, 0.717) is 23.6 Å². The van der Waals surface area contributed by atoms with Crippen molar-refractivity contribution in [2.75, 3.05) is 26.2 Å². The van der Waals surface area contributed by atoms with Gasteiger partial charge in [0.15, 0.2) is 5.69 Å².